The van der Waals surface area contributed by atoms with Gasteiger partial charge in [0.15, 0.2) is 0 Å². The zero-order chi connectivity index (χ0) is 15.3. The molecule has 0 unspecified atom stereocenters. The van der Waals surface area contributed by atoms with Crippen LogP contribution in [0.2, 0.25) is 0 Å². The summed E-state index contributed by atoms with van der Waals surface area (Å²) in [7, 11) is -3.21. The summed E-state index contributed by atoms with van der Waals surface area (Å²) in [5, 5.41) is 6.52. The van der Waals surface area contributed by atoms with E-state index in [1.165, 1.54) is 11.3 Å². The van der Waals surface area contributed by atoms with Crippen molar-refractivity contribution in [3.63, 3.8) is 0 Å². The summed E-state index contributed by atoms with van der Waals surface area (Å²) in [4.78, 5) is 12.0. The number of benzene rings is 1. The van der Waals surface area contributed by atoms with Gasteiger partial charge in [0, 0.05) is 17.5 Å². The van der Waals surface area contributed by atoms with Crippen LogP contribution in [0, 0.1) is 0 Å². The highest BCUT2D eigenvalue weighted by Crippen LogP contribution is 2.14. The standard InChI is InChI=1S/C14H16N2O3S2/c1-2-21(18,19)15-9-11-3-5-12(6-4-11)14(17)16-13-7-8-20-10-13/h3-8,10,15H,2,9H2,1H3,(H,16,17). The van der Waals surface area contributed by atoms with Gasteiger partial charge in [0.2, 0.25) is 10.0 Å². The van der Waals surface area contributed by atoms with E-state index in [9.17, 15) is 13.2 Å². The summed E-state index contributed by atoms with van der Waals surface area (Å²) >= 11 is 1.51. The van der Waals surface area contributed by atoms with E-state index < -0.39 is 10.0 Å². The maximum atomic E-state index is 12.0. The summed E-state index contributed by atoms with van der Waals surface area (Å²) in [6.07, 6.45) is 0. The molecule has 112 valence electrons. The highest BCUT2D eigenvalue weighted by atomic mass is 32.2. The van der Waals surface area contributed by atoms with Crippen LogP contribution in [-0.2, 0) is 16.6 Å². The fourth-order valence-corrected chi connectivity index (χ4v) is 2.79. The average Bonchev–Trinajstić information content (AvgIpc) is 2.98. The van der Waals surface area contributed by atoms with Gasteiger partial charge in [0.05, 0.1) is 11.4 Å². The molecule has 0 spiro atoms. The second kappa shape index (κ2) is 6.84. The Hall–Kier alpha value is -1.70. The quantitative estimate of drug-likeness (QED) is 0.857. The van der Waals surface area contributed by atoms with Gasteiger partial charge in [-0.2, -0.15) is 11.3 Å². The van der Waals surface area contributed by atoms with Crippen LogP contribution in [0.5, 0.6) is 0 Å². The van der Waals surface area contributed by atoms with Gasteiger partial charge in [0.25, 0.3) is 5.91 Å². The molecule has 2 N–H and O–H groups in total. The van der Waals surface area contributed by atoms with E-state index in [0.717, 1.165) is 11.3 Å². The van der Waals surface area contributed by atoms with Crippen LogP contribution >= 0.6 is 11.3 Å². The topological polar surface area (TPSA) is 75.3 Å². The predicted molar refractivity (Wildman–Crippen MR) is 85.0 cm³/mol. The Morgan fingerprint density at radius 2 is 1.90 bits per heavy atom. The molecule has 21 heavy (non-hydrogen) atoms. The Morgan fingerprint density at radius 1 is 1.19 bits per heavy atom. The Labute approximate surface area is 128 Å². The van der Waals surface area contributed by atoms with Gasteiger partial charge >= 0.3 is 0 Å². The lowest BCUT2D eigenvalue weighted by atomic mass is 10.1. The fourth-order valence-electron chi connectivity index (χ4n) is 1.61. The molecule has 0 bridgehead atoms. The lowest BCUT2D eigenvalue weighted by Gasteiger charge is -2.06. The number of amides is 1. The van der Waals surface area contributed by atoms with Crippen LogP contribution < -0.4 is 10.0 Å². The second-order valence-electron chi connectivity index (χ2n) is 4.39. The highest BCUT2D eigenvalue weighted by Gasteiger charge is 2.08. The zero-order valence-corrected chi connectivity index (χ0v) is 13.1. The normalized spacial score (nSPS) is 11.3. The largest absolute Gasteiger partial charge is 0.321 e. The number of anilines is 1. The molecule has 0 aliphatic heterocycles. The minimum atomic E-state index is -3.21. The van der Waals surface area contributed by atoms with E-state index in [2.05, 4.69) is 10.0 Å². The van der Waals surface area contributed by atoms with E-state index in [4.69, 9.17) is 0 Å². The molecule has 1 heterocycles. The molecule has 2 aromatic rings. The van der Waals surface area contributed by atoms with E-state index in [1.54, 1.807) is 31.2 Å². The molecule has 0 saturated carbocycles. The lowest BCUT2D eigenvalue weighted by Crippen LogP contribution is -2.24. The van der Waals surface area contributed by atoms with Gasteiger partial charge in [-0.1, -0.05) is 12.1 Å². The third-order valence-corrected chi connectivity index (χ3v) is 4.90. The van der Waals surface area contributed by atoms with Crippen LogP contribution in [0.25, 0.3) is 0 Å². The van der Waals surface area contributed by atoms with Gasteiger partial charge < -0.3 is 5.32 Å². The van der Waals surface area contributed by atoms with E-state index >= 15 is 0 Å². The van der Waals surface area contributed by atoms with Crippen molar-refractivity contribution in [2.45, 2.75) is 13.5 Å². The maximum Gasteiger partial charge on any atom is 0.255 e. The Bertz CT molecular complexity index is 692. The van der Waals surface area contributed by atoms with Crippen LogP contribution in [0.3, 0.4) is 0 Å². The molecule has 0 radical (unpaired) electrons. The molecular weight excluding hydrogens is 308 g/mol. The average molecular weight is 324 g/mol. The second-order valence-corrected chi connectivity index (χ2v) is 7.26. The summed E-state index contributed by atoms with van der Waals surface area (Å²) in [6, 6.07) is 8.66. The Morgan fingerprint density at radius 3 is 2.48 bits per heavy atom. The highest BCUT2D eigenvalue weighted by molar-refractivity contribution is 7.89. The molecule has 2 rings (SSSR count). The van der Waals surface area contributed by atoms with Gasteiger partial charge in [-0.25, -0.2) is 13.1 Å². The molecule has 1 aromatic carbocycles. The van der Waals surface area contributed by atoms with Crippen molar-refractivity contribution in [3.05, 3.63) is 52.2 Å². The first-order valence-electron chi connectivity index (χ1n) is 6.40. The summed E-state index contributed by atoms with van der Waals surface area (Å²) < 4.78 is 25.2. The number of thiophene rings is 1. The summed E-state index contributed by atoms with van der Waals surface area (Å²) in [5.41, 5.74) is 2.10. The van der Waals surface area contributed by atoms with E-state index in [-0.39, 0.29) is 18.2 Å². The number of carbonyl (C=O) groups is 1. The fraction of sp³-hybridized carbons (Fsp3) is 0.214. The third-order valence-electron chi connectivity index (χ3n) is 2.87. The first kappa shape index (κ1) is 15.7. The third kappa shape index (κ3) is 4.66. The number of sulfonamides is 1. The van der Waals surface area contributed by atoms with Crippen LogP contribution in [-0.4, -0.2) is 20.1 Å². The van der Waals surface area contributed by atoms with Crippen molar-refractivity contribution in [1.29, 1.82) is 0 Å². The lowest BCUT2D eigenvalue weighted by molar-refractivity contribution is 0.102. The van der Waals surface area contributed by atoms with Crippen molar-refractivity contribution in [2.75, 3.05) is 11.1 Å². The molecule has 5 nitrogen and oxygen atoms in total. The molecule has 7 heteroatoms. The maximum absolute atomic E-state index is 12.0. The Kier molecular flexibility index (Phi) is 5.11. The number of hydrogen-bond donors (Lipinski definition) is 2. The number of hydrogen-bond acceptors (Lipinski definition) is 4. The minimum absolute atomic E-state index is 0.0497. The molecule has 0 aliphatic carbocycles. The van der Waals surface area contributed by atoms with Gasteiger partial charge in [0.1, 0.15) is 0 Å². The molecule has 0 aliphatic rings. The molecule has 0 fully saturated rings. The first-order valence-corrected chi connectivity index (χ1v) is 8.99. The number of carbonyl (C=O) groups excluding carboxylic acids is 1. The molecule has 1 amide bonds. The van der Waals surface area contributed by atoms with E-state index in [0.29, 0.717) is 5.56 Å². The van der Waals surface area contributed by atoms with Crippen LogP contribution in [0.1, 0.15) is 22.8 Å². The molecule has 0 atom stereocenters. The SMILES string of the molecule is CCS(=O)(=O)NCc1ccc(C(=O)Nc2ccsc2)cc1. The predicted octanol–water partition coefficient (Wildman–Crippen LogP) is 2.44. The van der Waals surface area contributed by atoms with Crippen molar-refractivity contribution in [2.24, 2.45) is 0 Å². The zero-order valence-electron chi connectivity index (χ0n) is 11.5. The van der Waals surface area contributed by atoms with Gasteiger partial charge in [-0.15, -0.1) is 0 Å². The number of nitrogens with one attached hydrogen (secondary N) is 2. The van der Waals surface area contributed by atoms with Gasteiger partial charge in [-0.3, -0.25) is 4.79 Å². The first-order chi connectivity index (χ1) is 10.00. The Balaban J connectivity index is 1.97. The summed E-state index contributed by atoms with van der Waals surface area (Å²) in [6.45, 7) is 1.81. The molecular formula is C14H16N2O3S2. The molecule has 1 aromatic heterocycles. The number of rotatable bonds is 6. The van der Waals surface area contributed by atoms with Crippen molar-refractivity contribution in [3.8, 4) is 0 Å². The minimum Gasteiger partial charge on any atom is -0.321 e. The monoisotopic (exact) mass is 324 g/mol. The van der Waals surface area contributed by atoms with Crippen molar-refractivity contribution < 1.29 is 13.2 Å². The molecule has 0 saturated heterocycles. The summed E-state index contributed by atoms with van der Waals surface area (Å²) in [5.74, 6) is -0.136. The van der Waals surface area contributed by atoms with Gasteiger partial charge in [-0.05, 0) is 36.1 Å². The van der Waals surface area contributed by atoms with E-state index in [1.807, 2.05) is 16.8 Å². The van der Waals surface area contributed by atoms with Crippen LogP contribution in [0.4, 0.5) is 5.69 Å². The van der Waals surface area contributed by atoms with Crippen molar-refractivity contribution in [1.82, 2.24) is 4.72 Å². The smallest absolute Gasteiger partial charge is 0.255 e. The van der Waals surface area contributed by atoms with Crippen LogP contribution in [0.15, 0.2) is 41.1 Å². The van der Waals surface area contributed by atoms with Crippen molar-refractivity contribution >= 4 is 33.0 Å².